The smallest absolute Gasteiger partial charge is 0.326 e. The Balaban J connectivity index is 1.69. The van der Waals surface area contributed by atoms with Gasteiger partial charge in [0.2, 0.25) is 5.91 Å². The van der Waals surface area contributed by atoms with Crippen molar-refractivity contribution in [3.63, 3.8) is 0 Å². The van der Waals surface area contributed by atoms with Crippen molar-refractivity contribution >= 4 is 11.9 Å². The van der Waals surface area contributed by atoms with Crippen LogP contribution in [0.15, 0.2) is 41.2 Å². The number of hydrogen-bond acceptors (Lipinski definition) is 4. The molecule has 0 radical (unpaired) electrons. The summed E-state index contributed by atoms with van der Waals surface area (Å²) in [5, 5.41) is 16.1. The first-order valence-corrected chi connectivity index (χ1v) is 8.69. The van der Waals surface area contributed by atoms with Gasteiger partial charge in [-0.05, 0) is 36.8 Å². The number of aromatic nitrogens is 2. The van der Waals surface area contributed by atoms with Gasteiger partial charge in [-0.15, -0.1) is 0 Å². The predicted molar refractivity (Wildman–Crippen MR) is 94.9 cm³/mol. The fraction of sp³-hybridized carbons (Fsp3) is 0.368. The maximum absolute atomic E-state index is 12.3. The van der Waals surface area contributed by atoms with Gasteiger partial charge in [0.05, 0.1) is 5.69 Å². The summed E-state index contributed by atoms with van der Waals surface area (Å²) in [6.45, 7) is -0.287. The Kier molecular flexibility index (Phi) is 5.46. The van der Waals surface area contributed by atoms with E-state index < -0.39 is 17.9 Å². The molecule has 1 aliphatic rings. The zero-order chi connectivity index (χ0) is 18.5. The molecule has 0 aliphatic heterocycles. The number of nitrogens with one attached hydrogen (secondary N) is 1. The normalized spacial score (nSPS) is 14.3. The van der Waals surface area contributed by atoms with E-state index in [1.807, 2.05) is 18.2 Å². The highest BCUT2D eigenvalue weighted by molar-refractivity contribution is 5.83. The van der Waals surface area contributed by atoms with E-state index >= 15 is 0 Å². The van der Waals surface area contributed by atoms with Crippen molar-refractivity contribution in [3.05, 3.63) is 63.6 Å². The van der Waals surface area contributed by atoms with Crippen molar-refractivity contribution in [1.82, 2.24) is 15.1 Å². The van der Waals surface area contributed by atoms with E-state index in [9.17, 15) is 19.5 Å². The van der Waals surface area contributed by atoms with E-state index in [0.717, 1.165) is 47.2 Å². The number of nitrogens with zero attached hydrogens (tertiary/aromatic N) is 2. The highest BCUT2D eigenvalue weighted by Crippen LogP contribution is 2.16. The topological polar surface area (TPSA) is 101 Å². The second-order valence-electron chi connectivity index (χ2n) is 6.47. The van der Waals surface area contributed by atoms with Gasteiger partial charge in [0.1, 0.15) is 12.6 Å². The van der Waals surface area contributed by atoms with Crippen molar-refractivity contribution in [3.8, 4) is 0 Å². The Morgan fingerprint density at radius 2 is 1.92 bits per heavy atom. The molecule has 1 aromatic carbocycles. The number of fused-ring (bicyclic) bond motifs is 1. The number of hydrogen-bond donors (Lipinski definition) is 2. The summed E-state index contributed by atoms with van der Waals surface area (Å²) < 4.78 is 1.11. The first kappa shape index (κ1) is 17.8. The summed E-state index contributed by atoms with van der Waals surface area (Å²) in [5.41, 5.74) is 2.27. The minimum atomic E-state index is -1.12. The first-order chi connectivity index (χ1) is 12.5. The number of carboxylic acids is 1. The molecule has 1 aromatic heterocycles. The lowest BCUT2D eigenvalue weighted by molar-refractivity contribution is -0.141. The number of carboxylic acid groups (broad SMARTS) is 1. The molecule has 2 N–H and O–H groups in total. The van der Waals surface area contributed by atoms with Gasteiger partial charge in [-0.3, -0.25) is 9.59 Å². The van der Waals surface area contributed by atoms with Gasteiger partial charge in [-0.25, -0.2) is 9.48 Å². The number of aliphatic carboxylic acids is 1. The lowest BCUT2D eigenvalue weighted by Crippen LogP contribution is -2.45. The third-order valence-corrected chi connectivity index (χ3v) is 4.48. The molecule has 2 aromatic rings. The molecule has 1 amide bonds. The van der Waals surface area contributed by atoms with Gasteiger partial charge in [0, 0.05) is 12.5 Å². The van der Waals surface area contributed by atoms with Crippen LogP contribution < -0.4 is 10.9 Å². The number of amides is 1. The molecule has 7 nitrogen and oxygen atoms in total. The third kappa shape index (κ3) is 4.36. The highest BCUT2D eigenvalue weighted by atomic mass is 16.4. The van der Waals surface area contributed by atoms with Crippen LogP contribution in [-0.4, -0.2) is 32.8 Å². The fourth-order valence-corrected chi connectivity index (χ4v) is 3.14. The Bertz CT molecular complexity index is 861. The van der Waals surface area contributed by atoms with Crippen molar-refractivity contribution < 1.29 is 14.7 Å². The first-order valence-electron chi connectivity index (χ1n) is 8.69. The van der Waals surface area contributed by atoms with Gasteiger partial charge in [-0.2, -0.15) is 5.10 Å². The standard InChI is InChI=1S/C19H21N3O4/c23-17(20-16(19(25)26)10-13-6-2-1-3-7-13)12-22-18(24)11-14-8-4-5-9-15(14)21-22/h1-3,6-7,11,16H,4-5,8-10,12H2,(H,20,23)(H,25,26)/t16-/m1/s1. The summed E-state index contributed by atoms with van der Waals surface area (Å²) in [4.78, 5) is 35.9. The molecule has 0 fully saturated rings. The molecule has 136 valence electrons. The van der Waals surface area contributed by atoms with Crippen molar-refractivity contribution in [2.45, 2.75) is 44.7 Å². The van der Waals surface area contributed by atoms with Crippen LogP contribution in [0.3, 0.4) is 0 Å². The van der Waals surface area contributed by atoms with Crippen LogP contribution in [0.4, 0.5) is 0 Å². The molecule has 0 bridgehead atoms. The van der Waals surface area contributed by atoms with Crippen LogP contribution in [0.2, 0.25) is 0 Å². The van der Waals surface area contributed by atoms with E-state index in [0.29, 0.717) is 0 Å². The fourth-order valence-electron chi connectivity index (χ4n) is 3.14. The summed E-state index contributed by atoms with van der Waals surface area (Å²) in [7, 11) is 0. The van der Waals surface area contributed by atoms with Crippen molar-refractivity contribution in [1.29, 1.82) is 0 Å². The van der Waals surface area contributed by atoms with Gasteiger partial charge < -0.3 is 10.4 Å². The van der Waals surface area contributed by atoms with Crippen LogP contribution >= 0.6 is 0 Å². The molecule has 0 spiro atoms. The van der Waals surface area contributed by atoms with Crippen LogP contribution in [0, 0.1) is 0 Å². The number of carbonyl (C=O) groups excluding carboxylic acids is 1. The molecule has 0 saturated carbocycles. The van der Waals surface area contributed by atoms with Gasteiger partial charge in [-0.1, -0.05) is 30.3 Å². The maximum atomic E-state index is 12.3. The Morgan fingerprint density at radius 1 is 1.19 bits per heavy atom. The molecular formula is C19H21N3O4. The molecule has 0 saturated heterocycles. The van der Waals surface area contributed by atoms with Crippen LogP contribution in [0.5, 0.6) is 0 Å². The molecular weight excluding hydrogens is 334 g/mol. The van der Waals surface area contributed by atoms with E-state index in [1.165, 1.54) is 6.07 Å². The second kappa shape index (κ2) is 7.95. The lowest BCUT2D eigenvalue weighted by Gasteiger charge is -2.17. The van der Waals surface area contributed by atoms with Crippen LogP contribution in [0.25, 0.3) is 0 Å². The van der Waals surface area contributed by atoms with Gasteiger partial charge in [0.25, 0.3) is 5.56 Å². The monoisotopic (exact) mass is 355 g/mol. The Labute approximate surface area is 150 Å². The predicted octanol–water partition coefficient (Wildman–Crippen LogP) is 0.934. The molecule has 1 aliphatic carbocycles. The van der Waals surface area contributed by atoms with Gasteiger partial charge >= 0.3 is 5.97 Å². The van der Waals surface area contributed by atoms with Crippen molar-refractivity contribution in [2.75, 3.05) is 0 Å². The number of carbonyl (C=O) groups is 2. The third-order valence-electron chi connectivity index (χ3n) is 4.48. The molecule has 7 heteroatoms. The molecule has 26 heavy (non-hydrogen) atoms. The average Bonchev–Trinajstić information content (AvgIpc) is 2.62. The number of rotatable bonds is 6. The summed E-state index contributed by atoms with van der Waals surface area (Å²) in [6.07, 6.45) is 3.86. The summed E-state index contributed by atoms with van der Waals surface area (Å²) in [6, 6.07) is 9.55. The van der Waals surface area contributed by atoms with Gasteiger partial charge in [0.15, 0.2) is 0 Å². The number of benzene rings is 1. The van der Waals surface area contributed by atoms with E-state index in [-0.39, 0.29) is 18.5 Å². The molecule has 3 rings (SSSR count). The Hall–Kier alpha value is -2.96. The SMILES string of the molecule is O=C(Cn1nc2c(cc1=O)CCCC2)N[C@H](Cc1ccccc1)C(=O)O. The lowest BCUT2D eigenvalue weighted by atomic mass is 9.97. The van der Waals surface area contributed by atoms with Crippen molar-refractivity contribution in [2.24, 2.45) is 0 Å². The maximum Gasteiger partial charge on any atom is 0.326 e. The second-order valence-corrected chi connectivity index (χ2v) is 6.47. The summed E-state index contributed by atoms with van der Waals surface area (Å²) >= 11 is 0. The number of aryl methyl sites for hydroxylation is 2. The molecule has 1 heterocycles. The molecule has 1 atom stereocenters. The minimum absolute atomic E-state index is 0.175. The molecule has 0 unspecified atom stereocenters. The van der Waals surface area contributed by atoms with Crippen LogP contribution in [0.1, 0.15) is 29.7 Å². The zero-order valence-corrected chi connectivity index (χ0v) is 14.4. The quantitative estimate of drug-likeness (QED) is 0.803. The summed E-state index contributed by atoms with van der Waals surface area (Å²) in [5.74, 6) is -1.66. The highest BCUT2D eigenvalue weighted by Gasteiger charge is 2.21. The average molecular weight is 355 g/mol. The largest absolute Gasteiger partial charge is 0.480 e. The Morgan fingerprint density at radius 3 is 2.65 bits per heavy atom. The zero-order valence-electron chi connectivity index (χ0n) is 14.4. The van der Waals surface area contributed by atoms with E-state index in [4.69, 9.17) is 0 Å². The van der Waals surface area contributed by atoms with Crippen LogP contribution in [-0.2, 0) is 35.4 Å². The van der Waals surface area contributed by atoms with E-state index in [2.05, 4.69) is 10.4 Å². The minimum Gasteiger partial charge on any atom is -0.480 e. The van der Waals surface area contributed by atoms with E-state index in [1.54, 1.807) is 12.1 Å².